The SMILES string of the molecule is CCN(CC)c1ccc(N(c2ccc(-c3cccc(C)c3)cc2)c2ccc(-c3cccc(C)c3)cc2)cc1. The van der Waals surface area contributed by atoms with Gasteiger partial charge in [0.2, 0.25) is 0 Å². The van der Waals surface area contributed by atoms with Gasteiger partial charge in [0.05, 0.1) is 0 Å². The van der Waals surface area contributed by atoms with Crippen LogP contribution in [0.25, 0.3) is 22.3 Å². The molecule has 0 saturated carbocycles. The van der Waals surface area contributed by atoms with E-state index in [-0.39, 0.29) is 0 Å². The Bertz CT molecular complexity index is 1390. The molecular formula is C36H36N2. The van der Waals surface area contributed by atoms with Crippen LogP contribution in [0.4, 0.5) is 22.7 Å². The molecule has 0 fully saturated rings. The zero-order valence-corrected chi connectivity index (χ0v) is 22.9. The van der Waals surface area contributed by atoms with E-state index < -0.39 is 0 Å². The lowest BCUT2D eigenvalue weighted by Gasteiger charge is -2.27. The Labute approximate surface area is 227 Å². The fraction of sp³-hybridized carbons (Fsp3) is 0.167. The summed E-state index contributed by atoms with van der Waals surface area (Å²) >= 11 is 0. The number of nitrogens with zero attached hydrogens (tertiary/aromatic N) is 2. The van der Waals surface area contributed by atoms with Crippen LogP contribution in [0.2, 0.25) is 0 Å². The quantitative estimate of drug-likeness (QED) is 0.211. The van der Waals surface area contributed by atoms with Crippen molar-refractivity contribution in [2.75, 3.05) is 22.9 Å². The molecule has 38 heavy (non-hydrogen) atoms. The molecule has 0 aliphatic heterocycles. The summed E-state index contributed by atoms with van der Waals surface area (Å²) in [6, 6.07) is 44.1. The van der Waals surface area contributed by atoms with E-state index in [0.717, 1.165) is 30.2 Å². The van der Waals surface area contributed by atoms with Gasteiger partial charge < -0.3 is 9.80 Å². The van der Waals surface area contributed by atoms with Crippen LogP contribution >= 0.6 is 0 Å². The molecule has 0 atom stereocenters. The molecule has 0 saturated heterocycles. The van der Waals surface area contributed by atoms with Crippen molar-refractivity contribution in [2.24, 2.45) is 0 Å². The van der Waals surface area contributed by atoms with Crippen molar-refractivity contribution in [3.05, 3.63) is 132 Å². The molecule has 190 valence electrons. The van der Waals surface area contributed by atoms with Gasteiger partial charge in [-0.2, -0.15) is 0 Å². The van der Waals surface area contributed by atoms with Crippen LogP contribution in [0, 0.1) is 13.8 Å². The first kappa shape index (κ1) is 25.4. The van der Waals surface area contributed by atoms with Crippen LogP contribution in [-0.2, 0) is 0 Å². The Morgan fingerprint density at radius 3 is 1.16 bits per heavy atom. The molecule has 0 bridgehead atoms. The van der Waals surface area contributed by atoms with Crippen LogP contribution in [0.1, 0.15) is 25.0 Å². The molecule has 0 aliphatic carbocycles. The lowest BCUT2D eigenvalue weighted by Crippen LogP contribution is -2.21. The minimum absolute atomic E-state index is 1.00. The fourth-order valence-corrected chi connectivity index (χ4v) is 5.10. The van der Waals surface area contributed by atoms with Gasteiger partial charge in [-0.05, 0) is 98.5 Å². The van der Waals surface area contributed by atoms with Crippen molar-refractivity contribution in [1.29, 1.82) is 0 Å². The second kappa shape index (κ2) is 11.4. The van der Waals surface area contributed by atoms with Gasteiger partial charge in [0, 0.05) is 35.8 Å². The van der Waals surface area contributed by atoms with Gasteiger partial charge in [0.1, 0.15) is 0 Å². The Morgan fingerprint density at radius 1 is 0.421 bits per heavy atom. The normalized spacial score (nSPS) is 10.8. The molecule has 0 unspecified atom stereocenters. The van der Waals surface area contributed by atoms with Gasteiger partial charge in [-0.3, -0.25) is 0 Å². The molecule has 0 aromatic heterocycles. The van der Waals surface area contributed by atoms with Crippen LogP contribution in [-0.4, -0.2) is 13.1 Å². The number of aryl methyl sites for hydroxylation is 2. The molecular weight excluding hydrogens is 460 g/mol. The predicted octanol–water partition coefficient (Wildman–Crippen LogP) is 9.95. The highest BCUT2D eigenvalue weighted by Gasteiger charge is 2.14. The van der Waals surface area contributed by atoms with Gasteiger partial charge in [-0.15, -0.1) is 0 Å². The summed E-state index contributed by atoms with van der Waals surface area (Å²) in [6.07, 6.45) is 0. The van der Waals surface area contributed by atoms with Crippen molar-refractivity contribution >= 4 is 22.7 Å². The van der Waals surface area contributed by atoms with Crippen molar-refractivity contribution in [3.63, 3.8) is 0 Å². The zero-order valence-electron chi connectivity index (χ0n) is 22.9. The molecule has 0 N–H and O–H groups in total. The van der Waals surface area contributed by atoms with Crippen LogP contribution in [0.15, 0.2) is 121 Å². The third-order valence-electron chi connectivity index (χ3n) is 7.19. The van der Waals surface area contributed by atoms with Gasteiger partial charge in [0.15, 0.2) is 0 Å². The minimum Gasteiger partial charge on any atom is -0.372 e. The first-order valence-corrected chi connectivity index (χ1v) is 13.5. The van der Waals surface area contributed by atoms with E-state index in [9.17, 15) is 0 Å². The summed E-state index contributed by atoms with van der Waals surface area (Å²) in [4.78, 5) is 4.72. The standard InChI is InChI=1S/C36H36N2/c1-5-37(6-2)33-21-23-36(24-22-33)38(34-17-13-29(14-18-34)31-11-7-9-27(3)25-31)35-19-15-30(16-20-35)32-12-8-10-28(4)26-32/h7-26H,5-6H2,1-4H3. The lowest BCUT2D eigenvalue weighted by molar-refractivity contribution is 0.866. The predicted molar refractivity (Wildman–Crippen MR) is 165 cm³/mol. The van der Waals surface area contributed by atoms with Crippen LogP contribution in [0.3, 0.4) is 0 Å². The highest BCUT2D eigenvalue weighted by molar-refractivity contribution is 5.80. The third kappa shape index (κ3) is 5.50. The molecule has 2 nitrogen and oxygen atoms in total. The molecule has 5 rings (SSSR count). The van der Waals surface area contributed by atoms with Gasteiger partial charge >= 0.3 is 0 Å². The smallest absolute Gasteiger partial charge is 0.0463 e. The summed E-state index contributed by atoms with van der Waals surface area (Å²) < 4.78 is 0. The number of hydrogen-bond donors (Lipinski definition) is 0. The van der Waals surface area contributed by atoms with E-state index in [2.05, 4.69) is 159 Å². The van der Waals surface area contributed by atoms with E-state index >= 15 is 0 Å². The van der Waals surface area contributed by atoms with E-state index in [4.69, 9.17) is 0 Å². The van der Waals surface area contributed by atoms with Gasteiger partial charge in [0.25, 0.3) is 0 Å². The highest BCUT2D eigenvalue weighted by Crippen LogP contribution is 2.37. The molecule has 0 aliphatic rings. The summed E-state index contributed by atoms with van der Waals surface area (Å²) in [5, 5.41) is 0. The summed E-state index contributed by atoms with van der Waals surface area (Å²) in [5.41, 5.74) is 12.2. The second-order valence-electron chi connectivity index (χ2n) is 9.86. The maximum absolute atomic E-state index is 2.38. The summed E-state index contributed by atoms with van der Waals surface area (Å²) in [5.74, 6) is 0. The molecule has 5 aromatic rings. The average Bonchev–Trinajstić information content (AvgIpc) is 2.95. The lowest BCUT2D eigenvalue weighted by atomic mass is 10.0. The fourth-order valence-electron chi connectivity index (χ4n) is 5.10. The topological polar surface area (TPSA) is 6.48 Å². The van der Waals surface area contributed by atoms with Crippen molar-refractivity contribution < 1.29 is 0 Å². The average molecular weight is 497 g/mol. The molecule has 0 heterocycles. The summed E-state index contributed by atoms with van der Waals surface area (Å²) in [6.45, 7) is 10.7. The van der Waals surface area contributed by atoms with E-state index in [0.29, 0.717) is 0 Å². The number of benzene rings is 5. The molecule has 0 spiro atoms. The van der Waals surface area contributed by atoms with Gasteiger partial charge in [-0.25, -0.2) is 0 Å². The molecule has 0 amide bonds. The second-order valence-corrected chi connectivity index (χ2v) is 9.86. The Kier molecular flexibility index (Phi) is 7.60. The third-order valence-corrected chi connectivity index (χ3v) is 7.19. The maximum Gasteiger partial charge on any atom is 0.0463 e. The number of hydrogen-bond acceptors (Lipinski definition) is 2. The van der Waals surface area contributed by atoms with Crippen molar-refractivity contribution in [2.45, 2.75) is 27.7 Å². The molecule has 0 radical (unpaired) electrons. The summed E-state index contributed by atoms with van der Waals surface area (Å²) in [7, 11) is 0. The molecule has 5 aromatic carbocycles. The largest absolute Gasteiger partial charge is 0.372 e. The maximum atomic E-state index is 2.38. The van der Waals surface area contributed by atoms with E-state index in [1.54, 1.807) is 0 Å². The van der Waals surface area contributed by atoms with E-state index in [1.165, 1.54) is 39.1 Å². The zero-order chi connectivity index (χ0) is 26.5. The first-order chi connectivity index (χ1) is 18.6. The van der Waals surface area contributed by atoms with Gasteiger partial charge in [-0.1, -0.05) is 83.9 Å². The Morgan fingerprint density at radius 2 is 0.789 bits per heavy atom. The Balaban J connectivity index is 1.53. The first-order valence-electron chi connectivity index (χ1n) is 13.5. The minimum atomic E-state index is 1.00. The van der Waals surface area contributed by atoms with Crippen LogP contribution < -0.4 is 9.80 Å². The number of anilines is 4. The number of rotatable bonds is 8. The van der Waals surface area contributed by atoms with E-state index in [1.807, 2.05) is 0 Å². The monoisotopic (exact) mass is 496 g/mol. The van der Waals surface area contributed by atoms with Crippen LogP contribution in [0.5, 0.6) is 0 Å². The van der Waals surface area contributed by atoms with Crippen molar-refractivity contribution in [3.8, 4) is 22.3 Å². The Hall–Kier alpha value is -4.30. The highest BCUT2D eigenvalue weighted by atomic mass is 15.1. The van der Waals surface area contributed by atoms with Crippen molar-refractivity contribution in [1.82, 2.24) is 0 Å². The molecule has 2 heteroatoms.